The van der Waals surface area contributed by atoms with E-state index in [4.69, 9.17) is 21.1 Å². The molecule has 0 fully saturated rings. The molecular weight excluding hydrogens is 346 g/mol. The Morgan fingerprint density at radius 3 is 2.44 bits per heavy atom. The number of carbonyl (C=O) groups excluding carboxylic acids is 3. The van der Waals surface area contributed by atoms with Gasteiger partial charge in [0.05, 0.1) is 5.69 Å². The number of alkyl halides is 1. The Kier molecular flexibility index (Phi) is 4.63. The molecule has 0 radical (unpaired) electrons. The van der Waals surface area contributed by atoms with E-state index in [2.05, 4.69) is 0 Å². The van der Waals surface area contributed by atoms with Gasteiger partial charge in [-0.25, -0.2) is 4.79 Å². The van der Waals surface area contributed by atoms with E-state index in [9.17, 15) is 14.4 Å². The predicted molar refractivity (Wildman–Crippen MR) is 93.2 cm³/mol. The number of benzene rings is 2. The number of hydrogen-bond donors (Lipinski definition) is 0. The highest BCUT2D eigenvalue weighted by atomic mass is 35.5. The van der Waals surface area contributed by atoms with Gasteiger partial charge in [-0.05, 0) is 10.9 Å². The van der Waals surface area contributed by atoms with Crippen molar-refractivity contribution in [1.29, 1.82) is 0 Å². The lowest BCUT2D eigenvalue weighted by atomic mass is 9.95. The van der Waals surface area contributed by atoms with Crippen LogP contribution >= 0.6 is 11.6 Å². The molecular formula is C18H16ClNO5. The van der Waals surface area contributed by atoms with Gasteiger partial charge < -0.3 is 9.47 Å². The van der Waals surface area contributed by atoms with Crippen LogP contribution in [0.4, 0.5) is 10.5 Å². The van der Waals surface area contributed by atoms with Gasteiger partial charge in [-0.1, -0.05) is 24.3 Å². The molecule has 0 aliphatic carbocycles. The van der Waals surface area contributed by atoms with E-state index in [1.807, 2.05) is 24.3 Å². The SMILES string of the molecule is CC(=O)OC(=O)N1C[C@@H](CCl)c2c1cc(OC(C)=O)c1ccccc21. The standard InChI is InChI=1S/C18H16ClNO5/c1-10(21)24-16-7-15-17(14-6-4-3-5-13(14)16)12(8-19)9-20(15)18(23)25-11(2)22/h3-7,12H,8-9H2,1-2H3/t12-/m1/s1. The molecule has 7 heteroatoms. The summed E-state index contributed by atoms with van der Waals surface area (Å²) in [7, 11) is 0. The first-order valence-corrected chi connectivity index (χ1v) is 8.25. The molecule has 0 spiro atoms. The van der Waals surface area contributed by atoms with Crippen molar-refractivity contribution in [3.63, 3.8) is 0 Å². The van der Waals surface area contributed by atoms with Crippen LogP contribution in [0.1, 0.15) is 25.3 Å². The number of carbonyl (C=O) groups is 3. The van der Waals surface area contributed by atoms with Crippen molar-refractivity contribution in [1.82, 2.24) is 0 Å². The van der Waals surface area contributed by atoms with Gasteiger partial charge in [0, 0.05) is 43.6 Å². The minimum Gasteiger partial charge on any atom is -0.426 e. The molecule has 0 saturated carbocycles. The topological polar surface area (TPSA) is 72.9 Å². The maximum atomic E-state index is 12.3. The normalized spacial score (nSPS) is 15.8. The Labute approximate surface area is 149 Å². The summed E-state index contributed by atoms with van der Waals surface area (Å²) in [5.41, 5.74) is 1.41. The lowest BCUT2D eigenvalue weighted by molar-refractivity contribution is -0.134. The van der Waals surface area contributed by atoms with E-state index in [-0.39, 0.29) is 5.92 Å². The van der Waals surface area contributed by atoms with E-state index < -0.39 is 18.0 Å². The molecule has 3 rings (SSSR count). The number of nitrogens with zero attached hydrogens (tertiary/aromatic N) is 1. The van der Waals surface area contributed by atoms with E-state index >= 15 is 0 Å². The summed E-state index contributed by atoms with van der Waals surface area (Å²) in [5, 5.41) is 1.60. The lowest BCUT2D eigenvalue weighted by Gasteiger charge is -2.17. The van der Waals surface area contributed by atoms with Crippen LogP contribution in [0.25, 0.3) is 10.8 Å². The van der Waals surface area contributed by atoms with Crippen LogP contribution < -0.4 is 9.64 Å². The average molecular weight is 362 g/mol. The molecule has 1 aliphatic rings. The molecule has 0 bridgehead atoms. The lowest BCUT2D eigenvalue weighted by Crippen LogP contribution is -2.31. The Morgan fingerprint density at radius 1 is 1.16 bits per heavy atom. The summed E-state index contributed by atoms with van der Waals surface area (Å²) in [6, 6.07) is 9.05. The van der Waals surface area contributed by atoms with Crippen molar-refractivity contribution < 1.29 is 23.9 Å². The van der Waals surface area contributed by atoms with Gasteiger partial charge in [0.25, 0.3) is 0 Å². The van der Waals surface area contributed by atoms with Crippen LogP contribution in [-0.4, -0.2) is 30.5 Å². The third-order valence-corrected chi connectivity index (χ3v) is 4.39. The number of amides is 1. The Morgan fingerprint density at radius 2 is 1.84 bits per heavy atom. The first-order chi connectivity index (χ1) is 11.9. The van der Waals surface area contributed by atoms with E-state index in [0.717, 1.165) is 16.3 Å². The van der Waals surface area contributed by atoms with E-state index in [1.54, 1.807) is 6.07 Å². The summed E-state index contributed by atoms with van der Waals surface area (Å²) in [6.45, 7) is 2.77. The van der Waals surface area contributed by atoms with Gasteiger partial charge in [-0.2, -0.15) is 0 Å². The highest BCUT2D eigenvalue weighted by molar-refractivity contribution is 6.19. The number of anilines is 1. The van der Waals surface area contributed by atoms with Crippen LogP contribution in [0.3, 0.4) is 0 Å². The highest BCUT2D eigenvalue weighted by Gasteiger charge is 2.36. The fraction of sp³-hybridized carbons (Fsp3) is 0.278. The average Bonchev–Trinajstić information content (AvgIpc) is 2.93. The first-order valence-electron chi connectivity index (χ1n) is 7.72. The highest BCUT2D eigenvalue weighted by Crippen LogP contribution is 2.45. The van der Waals surface area contributed by atoms with Crippen LogP contribution in [-0.2, 0) is 14.3 Å². The smallest absolute Gasteiger partial charge is 0.422 e. The second-order valence-electron chi connectivity index (χ2n) is 5.77. The number of halogens is 1. The number of rotatable bonds is 2. The van der Waals surface area contributed by atoms with Crippen LogP contribution in [0.15, 0.2) is 30.3 Å². The Bertz CT molecular complexity index is 879. The van der Waals surface area contributed by atoms with Crippen LogP contribution in [0.2, 0.25) is 0 Å². The van der Waals surface area contributed by atoms with Crippen LogP contribution in [0.5, 0.6) is 5.75 Å². The molecule has 1 heterocycles. The molecule has 0 N–H and O–H groups in total. The van der Waals surface area contributed by atoms with Gasteiger partial charge in [0.2, 0.25) is 0 Å². The fourth-order valence-corrected chi connectivity index (χ4v) is 3.38. The molecule has 0 saturated heterocycles. The molecule has 25 heavy (non-hydrogen) atoms. The second kappa shape index (κ2) is 6.72. The Balaban J connectivity index is 2.20. The Hall–Kier alpha value is -2.60. The third kappa shape index (κ3) is 3.17. The van der Waals surface area contributed by atoms with Crippen molar-refractivity contribution in [2.75, 3.05) is 17.3 Å². The monoisotopic (exact) mass is 361 g/mol. The zero-order chi connectivity index (χ0) is 18.1. The first kappa shape index (κ1) is 17.2. The summed E-state index contributed by atoms with van der Waals surface area (Å²) >= 11 is 6.10. The number of fused-ring (bicyclic) bond motifs is 3. The molecule has 1 aliphatic heterocycles. The second-order valence-corrected chi connectivity index (χ2v) is 6.08. The zero-order valence-electron chi connectivity index (χ0n) is 13.7. The maximum Gasteiger partial charge on any atom is 0.422 e. The van der Waals surface area contributed by atoms with Gasteiger partial charge in [-0.15, -0.1) is 11.6 Å². The molecule has 2 aromatic rings. The van der Waals surface area contributed by atoms with Crippen molar-refractivity contribution in [3.8, 4) is 5.75 Å². The van der Waals surface area contributed by atoms with Gasteiger partial charge in [0.15, 0.2) is 0 Å². The third-order valence-electron chi connectivity index (χ3n) is 4.02. The summed E-state index contributed by atoms with van der Waals surface area (Å²) in [6.07, 6.45) is -0.773. The quantitative estimate of drug-likeness (QED) is 0.354. The maximum absolute atomic E-state index is 12.3. The number of ether oxygens (including phenoxy) is 2. The van der Waals surface area contributed by atoms with Crippen molar-refractivity contribution in [2.24, 2.45) is 0 Å². The molecule has 0 unspecified atom stereocenters. The summed E-state index contributed by atoms with van der Waals surface area (Å²) < 4.78 is 10.0. The van der Waals surface area contributed by atoms with Crippen molar-refractivity contribution in [2.45, 2.75) is 19.8 Å². The van der Waals surface area contributed by atoms with E-state index in [0.29, 0.717) is 23.9 Å². The number of esters is 2. The van der Waals surface area contributed by atoms with Crippen molar-refractivity contribution in [3.05, 3.63) is 35.9 Å². The predicted octanol–water partition coefficient (Wildman–Crippen LogP) is 3.59. The largest absolute Gasteiger partial charge is 0.426 e. The van der Waals surface area contributed by atoms with Crippen molar-refractivity contribution >= 4 is 46.1 Å². The van der Waals surface area contributed by atoms with Gasteiger partial charge >= 0.3 is 18.0 Å². The molecule has 2 aromatic carbocycles. The van der Waals surface area contributed by atoms with E-state index in [1.165, 1.54) is 18.7 Å². The zero-order valence-corrected chi connectivity index (χ0v) is 14.5. The summed E-state index contributed by atoms with van der Waals surface area (Å²) in [5.74, 6) is -0.629. The van der Waals surface area contributed by atoms with Crippen LogP contribution in [0, 0.1) is 0 Å². The molecule has 1 atom stereocenters. The number of hydrogen-bond acceptors (Lipinski definition) is 5. The van der Waals surface area contributed by atoms with Gasteiger partial charge in [0.1, 0.15) is 5.75 Å². The van der Waals surface area contributed by atoms with Gasteiger partial charge in [-0.3, -0.25) is 14.5 Å². The minimum absolute atomic E-state index is 0.118. The summed E-state index contributed by atoms with van der Waals surface area (Å²) in [4.78, 5) is 36.2. The molecule has 6 nitrogen and oxygen atoms in total. The molecule has 1 amide bonds. The minimum atomic E-state index is -0.773. The molecule has 130 valence electrons. The fourth-order valence-electron chi connectivity index (χ4n) is 3.13. The molecule has 0 aromatic heterocycles.